The molecule has 0 radical (unpaired) electrons. The van der Waals surface area contributed by atoms with Crippen molar-refractivity contribution >= 4 is 55.3 Å². The zero-order valence-electron chi connectivity index (χ0n) is 9.85. The number of carbonyl (C=O) groups excluding carboxylic acids is 1. The molecule has 0 aliphatic rings. The summed E-state index contributed by atoms with van der Waals surface area (Å²) in [5, 5.41) is 4.95. The molecule has 1 amide bonds. The third kappa shape index (κ3) is 2.52. The Balaban J connectivity index is 1.86. The van der Waals surface area contributed by atoms with E-state index < -0.39 is 0 Å². The lowest BCUT2D eigenvalue weighted by Crippen LogP contribution is -2.11. The minimum Gasteiger partial charge on any atom is -0.321 e. The van der Waals surface area contributed by atoms with Crippen molar-refractivity contribution in [3.8, 4) is 0 Å². The van der Waals surface area contributed by atoms with Gasteiger partial charge < -0.3 is 5.32 Å². The number of hydrogen-bond acceptors (Lipinski definition) is 3. The fourth-order valence-electron chi connectivity index (χ4n) is 1.82. The van der Waals surface area contributed by atoms with E-state index in [-0.39, 0.29) is 5.91 Å². The molecule has 0 atom stereocenters. The van der Waals surface area contributed by atoms with Crippen LogP contribution in [0.3, 0.4) is 0 Å². The van der Waals surface area contributed by atoms with Gasteiger partial charge in [0.2, 0.25) is 0 Å². The summed E-state index contributed by atoms with van der Waals surface area (Å²) in [4.78, 5) is 12.9. The molecule has 0 saturated heterocycles. The van der Waals surface area contributed by atoms with Gasteiger partial charge in [0, 0.05) is 21.0 Å². The molecule has 0 fully saturated rings. The van der Waals surface area contributed by atoms with Gasteiger partial charge in [-0.05, 0) is 29.1 Å². The van der Waals surface area contributed by atoms with Gasteiger partial charge in [0.05, 0.1) is 4.88 Å². The lowest BCUT2D eigenvalue weighted by Gasteiger charge is -2.07. The number of carbonyl (C=O) groups is 1. The van der Waals surface area contributed by atoms with Crippen LogP contribution in [0.25, 0.3) is 9.40 Å². The first kappa shape index (κ1) is 12.7. The molecular formula is C14H10ClNOS2. The number of para-hydroxylation sites is 1. The predicted molar refractivity (Wildman–Crippen MR) is 83.7 cm³/mol. The van der Waals surface area contributed by atoms with Gasteiger partial charge in [-0.1, -0.05) is 18.2 Å². The summed E-state index contributed by atoms with van der Waals surface area (Å²) in [7, 11) is 0. The maximum atomic E-state index is 12.2. The molecule has 2 heterocycles. The van der Waals surface area contributed by atoms with E-state index in [1.54, 1.807) is 11.3 Å². The number of amides is 1. The molecule has 1 aromatic carbocycles. The lowest BCUT2D eigenvalue weighted by molar-refractivity contribution is 0.103. The van der Waals surface area contributed by atoms with Crippen molar-refractivity contribution in [1.82, 2.24) is 0 Å². The van der Waals surface area contributed by atoms with Crippen molar-refractivity contribution in [1.29, 1.82) is 0 Å². The topological polar surface area (TPSA) is 29.1 Å². The third-order valence-corrected chi connectivity index (χ3v) is 5.15. The van der Waals surface area contributed by atoms with Crippen LogP contribution in [0.5, 0.6) is 0 Å². The highest BCUT2D eigenvalue weighted by atomic mass is 35.5. The van der Waals surface area contributed by atoms with E-state index in [0.29, 0.717) is 5.88 Å². The van der Waals surface area contributed by atoms with Crippen molar-refractivity contribution in [2.75, 3.05) is 5.32 Å². The predicted octanol–water partition coefficient (Wildman–Crippen LogP) is 4.95. The van der Waals surface area contributed by atoms with E-state index in [2.05, 4.69) is 5.32 Å². The molecule has 0 unspecified atom stereocenters. The smallest absolute Gasteiger partial charge is 0.265 e. The average molecular weight is 308 g/mol. The number of benzene rings is 1. The Labute approximate surface area is 123 Å². The highest BCUT2D eigenvalue weighted by Gasteiger charge is 2.12. The minimum atomic E-state index is -0.0778. The quantitative estimate of drug-likeness (QED) is 0.681. The molecule has 2 aromatic heterocycles. The van der Waals surface area contributed by atoms with Crippen LogP contribution < -0.4 is 5.32 Å². The Bertz CT molecular complexity index is 703. The van der Waals surface area contributed by atoms with Crippen molar-refractivity contribution in [2.45, 2.75) is 5.88 Å². The number of anilines is 1. The van der Waals surface area contributed by atoms with E-state index >= 15 is 0 Å². The summed E-state index contributed by atoms with van der Waals surface area (Å²) < 4.78 is 2.31. The minimum absolute atomic E-state index is 0.0778. The Hall–Kier alpha value is -1.36. The van der Waals surface area contributed by atoms with Gasteiger partial charge in [0.1, 0.15) is 0 Å². The summed E-state index contributed by atoms with van der Waals surface area (Å²) in [5.41, 5.74) is 1.70. The number of halogens is 1. The van der Waals surface area contributed by atoms with Crippen molar-refractivity contribution < 1.29 is 4.79 Å². The second-order valence-electron chi connectivity index (χ2n) is 4.00. The molecule has 3 aromatic rings. The Morgan fingerprint density at radius 1 is 1.21 bits per heavy atom. The zero-order valence-corrected chi connectivity index (χ0v) is 12.2. The van der Waals surface area contributed by atoms with Gasteiger partial charge in [-0.25, -0.2) is 0 Å². The number of nitrogens with one attached hydrogen (secondary N) is 1. The molecule has 0 aliphatic heterocycles. The normalized spacial score (nSPS) is 10.8. The van der Waals surface area contributed by atoms with Gasteiger partial charge in [-0.3, -0.25) is 4.79 Å². The molecule has 19 heavy (non-hydrogen) atoms. The van der Waals surface area contributed by atoms with Gasteiger partial charge in [0.15, 0.2) is 0 Å². The number of rotatable bonds is 3. The number of hydrogen-bond donors (Lipinski definition) is 1. The average Bonchev–Trinajstić information content (AvgIpc) is 3.00. The van der Waals surface area contributed by atoms with Gasteiger partial charge in [-0.2, -0.15) is 0 Å². The first-order valence-corrected chi connectivity index (χ1v) is 7.93. The van der Waals surface area contributed by atoms with Crippen molar-refractivity contribution in [3.05, 3.63) is 52.2 Å². The molecule has 96 valence electrons. The summed E-state index contributed by atoms with van der Waals surface area (Å²) in [6, 6.07) is 11.5. The molecule has 0 saturated carbocycles. The number of fused-ring (bicyclic) bond motifs is 1. The third-order valence-electron chi connectivity index (χ3n) is 2.77. The first-order valence-electron chi connectivity index (χ1n) is 5.70. The van der Waals surface area contributed by atoms with Crippen LogP contribution in [0.1, 0.15) is 15.2 Å². The standard InChI is InChI=1S/C14H10ClNOS2/c15-8-9-3-1-2-4-10(9)16-14(17)13-7-12-11(19-13)5-6-18-12/h1-7H,8H2,(H,16,17). The highest BCUT2D eigenvalue weighted by molar-refractivity contribution is 7.27. The van der Waals surface area contributed by atoms with Crippen LogP contribution in [0, 0.1) is 0 Å². The highest BCUT2D eigenvalue weighted by Crippen LogP contribution is 2.30. The van der Waals surface area contributed by atoms with E-state index in [0.717, 1.165) is 25.5 Å². The summed E-state index contributed by atoms with van der Waals surface area (Å²) >= 11 is 9.02. The zero-order chi connectivity index (χ0) is 13.2. The second-order valence-corrected chi connectivity index (χ2v) is 6.30. The van der Waals surface area contributed by atoms with Crippen molar-refractivity contribution in [2.24, 2.45) is 0 Å². The van der Waals surface area contributed by atoms with E-state index in [4.69, 9.17) is 11.6 Å². The fraction of sp³-hybridized carbons (Fsp3) is 0.0714. The van der Waals surface area contributed by atoms with Gasteiger partial charge >= 0.3 is 0 Å². The maximum absolute atomic E-state index is 12.2. The van der Waals surface area contributed by atoms with E-state index in [1.807, 2.05) is 41.8 Å². The van der Waals surface area contributed by atoms with Crippen LogP contribution in [-0.4, -0.2) is 5.91 Å². The fourth-order valence-corrected chi connectivity index (χ4v) is 4.06. The van der Waals surface area contributed by atoms with Crippen molar-refractivity contribution in [3.63, 3.8) is 0 Å². The molecule has 0 bridgehead atoms. The lowest BCUT2D eigenvalue weighted by atomic mass is 10.2. The monoisotopic (exact) mass is 307 g/mol. The Morgan fingerprint density at radius 3 is 2.84 bits per heavy atom. The van der Waals surface area contributed by atoms with Crippen LogP contribution in [0.15, 0.2) is 41.8 Å². The number of alkyl halides is 1. The van der Waals surface area contributed by atoms with Gasteiger partial charge in [-0.15, -0.1) is 34.3 Å². The second kappa shape index (κ2) is 5.33. The SMILES string of the molecule is O=C(Nc1ccccc1CCl)c1cc2sccc2s1. The summed E-state index contributed by atoms with van der Waals surface area (Å²) in [6.45, 7) is 0. The molecular weight excluding hydrogens is 298 g/mol. The molecule has 0 spiro atoms. The molecule has 2 nitrogen and oxygen atoms in total. The molecule has 5 heteroatoms. The Morgan fingerprint density at radius 2 is 2.05 bits per heavy atom. The van der Waals surface area contributed by atoms with Gasteiger partial charge in [0.25, 0.3) is 5.91 Å². The van der Waals surface area contributed by atoms with Crippen LogP contribution >= 0.6 is 34.3 Å². The number of thiophene rings is 2. The molecule has 3 rings (SSSR count). The van der Waals surface area contributed by atoms with Crippen LogP contribution in [0.2, 0.25) is 0 Å². The molecule has 0 aliphatic carbocycles. The van der Waals surface area contributed by atoms with Crippen LogP contribution in [-0.2, 0) is 5.88 Å². The van der Waals surface area contributed by atoms with E-state index in [9.17, 15) is 4.79 Å². The largest absolute Gasteiger partial charge is 0.321 e. The van der Waals surface area contributed by atoms with E-state index in [1.165, 1.54) is 11.3 Å². The summed E-state index contributed by atoms with van der Waals surface area (Å²) in [6.07, 6.45) is 0. The first-order chi connectivity index (χ1) is 9.28. The van der Waals surface area contributed by atoms with Crippen LogP contribution in [0.4, 0.5) is 5.69 Å². The Kier molecular flexibility index (Phi) is 3.55. The molecule has 1 N–H and O–H groups in total. The summed E-state index contributed by atoms with van der Waals surface area (Å²) in [5.74, 6) is 0.307. The maximum Gasteiger partial charge on any atom is 0.265 e.